The van der Waals surface area contributed by atoms with Crippen LogP contribution in [-0.4, -0.2) is 14.3 Å². The van der Waals surface area contributed by atoms with Gasteiger partial charge in [0.15, 0.2) is 0 Å². The van der Waals surface area contributed by atoms with E-state index in [0.717, 1.165) is 12.1 Å². The number of hydrogen-bond donors (Lipinski definition) is 2. The summed E-state index contributed by atoms with van der Waals surface area (Å²) in [5.74, 6) is -0.154. The van der Waals surface area contributed by atoms with Crippen LogP contribution in [-0.2, 0) is 27.4 Å². The molecule has 144 valence electrons. The van der Waals surface area contributed by atoms with Gasteiger partial charge in [-0.25, -0.2) is 8.42 Å². The van der Waals surface area contributed by atoms with E-state index in [2.05, 4.69) is 10.0 Å². The molecule has 3 rings (SSSR count). The van der Waals surface area contributed by atoms with Crippen molar-refractivity contribution in [2.45, 2.75) is 30.3 Å². The molecule has 0 spiro atoms. The summed E-state index contributed by atoms with van der Waals surface area (Å²) in [6.45, 7) is 0. The number of amides is 1. The standard InChI is InChI=1S/C17H14ClF3N2O3S/c18-13-6-4-11(17(19,20)21)9-15(13)23-27(25,26)12-5-7-14-10(8-12)2-1-3-16(24)22-14/h4-9,23H,1-3H2,(H,22,24). The molecule has 0 atom stereocenters. The number of carbonyl (C=O) groups is 1. The van der Waals surface area contributed by atoms with Crippen LogP contribution in [0.15, 0.2) is 41.3 Å². The van der Waals surface area contributed by atoms with Crippen molar-refractivity contribution in [1.82, 2.24) is 0 Å². The van der Waals surface area contributed by atoms with E-state index in [-0.39, 0.29) is 21.5 Å². The van der Waals surface area contributed by atoms with E-state index < -0.39 is 21.8 Å². The van der Waals surface area contributed by atoms with Gasteiger partial charge in [-0.1, -0.05) is 11.6 Å². The fourth-order valence-corrected chi connectivity index (χ4v) is 4.04. The predicted octanol–water partition coefficient (Wildman–Crippen LogP) is 4.43. The second kappa shape index (κ2) is 7.05. The van der Waals surface area contributed by atoms with Crippen molar-refractivity contribution in [3.63, 3.8) is 0 Å². The van der Waals surface area contributed by atoms with Crippen molar-refractivity contribution in [3.05, 3.63) is 52.5 Å². The SMILES string of the molecule is O=C1CCCc2cc(S(=O)(=O)Nc3cc(C(F)(F)F)ccc3Cl)ccc2N1. The van der Waals surface area contributed by atoms with E-state index in [0.29, 0.717) is 36.6 Å². The highest BCUT2D eigenvalue weighted by Crippen LogP contribution is 2.35. The van der Waals surface area contributed by atoms with Crippen LogP contribution in [0.25, 0.3) is 0 Å². The number of benzene rings is 2. The molecule has 1 aliphatic heterocycles. The lowest BCUT2D eigenvalue weighted by atomic mass is 10.1. The lowest BCUT2D eigenvalue weighted by Gasteiger charge is -2.14. The van der Waals surface area contributed by atoms with Crippen molar-refractivity contribution in [3.8, 4) is 0 Å². The Labute approximate surface area is 158 Å². The van der Waals surface area contributed by atoms with Crippen LogP contribution < -0.4 is 10.0 Å². The Morgan fingerprint density at radius 1 is 1.07 bits per heavy atom. The van der Waals surface area contributed by atoms with Crippen LogP contribution in [0.4, 0.5) is 24.5 Å². The van der Waals surface area contributed by atoms with Crippen molar-refractivity contribution in [2.75, 3.05) is 10.0 Å². The summed E-state index contributed by atoms with van der Waals surface area (Å²) in [5, 5.41) is 2.52. The zero-order valence-corrected chi connectivity index (χ0v) is 15.3. The van der Waals surface area contributed by atoms with Gasteiger partial charge in [0.05, 0.1) is 21.2 Å². The Balaban J connectivity index is 1.94. The molecule has 2 aromatic rings. The number of rotatable bonds is 3. The van der Waals surface area contributed by atoms with Gasteiger partial charge in [0.1, 0.15) is 0 Å². The smallest absolute Gasteiger partial charge is 0.326 e. The van der Waals surface area contributed by atoms with Gasteiger partial charge in [-0.2, -0.15) is 13.2 Å². The number of hydrogen-bond acceptors (Lipinski definition) is 3. The molecule has 27 heavy (non-hydrogen) atoms. The Hall–Kier alpha value is -2.26. The molecule has 5 nitrogen and oxygen atoms in total. The summed E-state index contributed by atoms with van der Waals surface area (Å²) in [4.78, 5) is 11.4. The van der Waals surface area contributed by atoms with E-state index in [4.69, 9.17) is 11.6 Å². The first kappa shape index (κ1) is 19.5. The molecule has 0 bridgehead atoms. The first-order valence-corrected chi connectivity index (χ1v) is 9.75. The molecule has 0 aromatic heterocycles. The molecule has 1 heterocycles. The highest BCUT2D eigenvalue weighted by molar-refractivity contribution is 7.92. The number of fused-ring (bicyclic) bond motifs is 1. The third-order valence-electron chi connectivity index (χ3n) is 4.05. The second-order valence-electron chi connectivity index (χ2n) is 6.02. The third kappa shape index (κ3) is 4.36. The summed E-state index contributed by atoms with van der Waals surface area (Å²) >= 11 is 5.85. The van der Waals surface area contributed by atoms with Gasteiger partial charge >= 0.3 is 6.18 Å². The van der Waals surface area contributed by atoms with E-state index in [1.54, 1.807) is 0 Å². The highest BCUT2D eigenvalue weighted by atomic mass is 35.5. The lowest BCUT2D eigenvalue weighted by Crippen LogP contribution is -2.15. The van der Waals surface area contributed by atoms with Crippen molar-refractivity contribution < 1.29 is 26.4 Å². The topological polar surface area (TPSA) is 75.3 Å². The molecule has 0 saturated carbocycles. The Kier molecular flexibility index (Phi) is 5.09. The van der Waals surface area contributed by atoms with Gasteiger partial charge in [-0.15, -0.1) is 0 Å². The number of carbonyl (C=O) groups excluding carboxylic acids is 1. The summed E-state index contributed by atoms with van der Waals surface area (Å²) in [5.41, 5.74) is -0.226. The molecule has 1 aliphatic rings. The normalized spacial score (nSPS) is 14.9. The minimum Gasteiger partial charge on any atom is -0.326 e. The summed E-state index contributed by atoms with van der Waals surface area (Å²) < 4.78 is 65.9. The maximum Gasteiger partial charge on any atom is 0.416 e. The van der Waals surface area contributed by atoms with Gasteiger partial charge in [-0.05, 0) is 54.8 Å². The largest absolute Gasteiger partial charge is 0.416 e. The number of halogens is 4. The zero-order chi connectivity index (χ0) is 19.8. The molecular weight excluding hydrogens is 405 g/mol. The van der Waals surface area contributed by atoms with Crippen LogP contribution in [0.3, 0.4) is 0 Å². The third-order valence-corrected chi connectivity index (χ3v) is 5.74. The van der Waals surface area contributed by atoms with Crippen molar-refractivity contribution >= 4 is 38.9 Å². The average Bonchev–Trinajstić information content (AvgIpc) is 2.75. The number of sulfonamides is 1. The van der Waals surface area contributed by atoms with E-state index in [1.165, 1.54) is 18.2 Å². The summed E-state index contributed by atoms with van der Waals surface area (Å²) in [6, 6.07) is 6.52. The van der Waals surface area contributed by atoms with Crippen LogP contribution in [0.5, 0.6) is 0 Å². The quantitative estimate of drug-likeness (QED) is 0.774. The number of nitrogens with one attached hydrogen (secondary N) is 2. The van der Waals surface area contributed by atoms with E-state index in [9.17, 15) is 26.4 Å². The number of alkyl halides is 3. The minimum atomic E-state index is -4.63. The maximum absolute atomic E-state index is 12.9. The van der Waals surface area contributed by atoms with Gasteiger partial charge in [0.2, 0.25) is 5.91 Å². The van der Waals surface area contributed by atoms with Crippen LogP contribution >= 0.6 is 11.6 Å². The molecule has 1 amide bonds. The van der Waals surface area contributed by atoms with Crippen LogP contribution in [0, 0.1) is 0 Å². The average molecular weight is 419 g/mol. The van der Waals surface area contributed by atoms with Crippen molar-refractivity contribution in [1.29, 1.82) is 0 Å². The number of aryl methyl sites for hydroxylation is 1. The molecule has 2 aromatic carbocycles. The van der Waals surface area contributed by atoms with Crippen LogP contribution in [0.1, 0.15) is 24.0 Å². The predicted molar refractivity (Wildman–Crippen MR) is 95.3 cm³/mol. The molecule has 0 aliphatic carbocycles. The molecule has 0 unspecified atom stereocenters. The molecule has 10 heteroatoms. The van der Waals surface area contributed by atoms with E-state index in [1.807, 2.05) is 0 Å². The minimum absolute atomic E-state index is 0.133. The fourth-order valence-electron chi connectivity index (χ4n) is 2.70. The van der Waals surface area contributed by atoms with Gasteiger partial charge < -0.3 is 5.32 Å². The molecular formula is C17H14ClF3N2O3S. The fraction of sp³-hybridized carbons (Fsp3) is 0.235. The van der Waals surface area contributed by atoms with Gasteiger partial charge in [0, 0.05) is 12.1 Å². The lowest BCUT2D eigenvalue weighted by molar-refractivity contribution is -0.137. The van der Waals surface area contributed by atoms with Gasteiger partial charge in [0.25, 0.3) is 10.0 Å². The second-order valence-corrected chi connectivity index (χ2v) is 8.11. The highest BCUT2D eigenvalue weighted by Gasteiger charge is 2.31. The Morgan fingerprint density at radius 2 is 1.81 bits per heavy atom. The van der Waals surface area contributed by atoms with Crippen LogP contribution in [0.2, 0.25) is 5.02 Å². The maximum atomic E-state index is 12.9. The Bertz CT molecular complexity index is 1010. The monoisotopic (exact) mass is 418 g/mol. The zero-order valence-electron chi connectivity index (χ0n) is 13.7. The van der Waals surface area contributed by atoms with Crippen molar-refractivity contribution in [2.24, 2.45) is 0 Å². The molecule has 0 fully saturated rings. The summed E-state index contributed by atoms with van der Waals surface area (Å²) in [6.07, 6.45) is -3.24. The Morgan fingerprint density at radius 3 is 2.52 bits per heavy atom. The molecule has 0 saturated heterocycles. The molecule has 0 radical (unpaired) electrons. The first-order valence-electron chi connectivity index (χ1n) is 7.88. The summed E-state index contributed by atoms with van der Waals surface area (Å²) in [7, 11) is -4.17. The van der Waals surface area contributed by atoms with E-state index >= 15 is 0 Å². The molecule has 2 N–H and O–H groups in total. The number of anilines is 2. The first-order chi connectivity index (χ1) is 12.6. The van der Waals surface area contributed by atoms with Gasteiger partial charge in [-0.3, -0.25) is 9.52 Å².